The minimum Gasteiger partial charge on any atom is -0.485 e. The van der Waals surface area contributed by atoms with Crippen LogP contribution in [-0.2, 0) is 23.2 Å². The summed E-state index contributed by atoms with van der Waals surface area (Å²) in [6.45, 7) is 6.46. The molecule has 3 aromatic rings. The molecule has 148 valence electrons. The molecule has 1 aromatic heterocycles. The Morgan fingerprint density at radius 2 is 1.89 bits per heavy atom. The molecule has 28 heavy (non-hydrogen) atoms. The molecule has 2 aromatic carbocycles. The summed E-state index contributed by atoms with van der Waals surface area (Å²) in [5.41, 5.74) is 0. The minimum absolute atomic E-state index is 0.121. The first-order chi connectivity index (χ1) is 13.5. The first kappa shape index (κ1) is 20.2. The largest absolute Gasteiger partial charge is 0.485 e. The zero-order chi connectivity index (χ0) is 20.1. The molecule has 1 atom stereocenters. The lowest BCUT2D eigenvalue weighted by Crippen LogP contribution is -2.26. The average Bonchev–Trinajstić information content (AvgIpc) is 3.03. The van der Waals surface area contributed by atoms with Gasteiger partial charge in [-0.2, -0.15) is 0 Å². The van der Waals surface area contributed by atoms with E-state index in [2.05, 4.69) is 22.3 Å². The lowest BCUT2D eigenvalue weighted by atomic mass is 10.1. The number of hydrogen-bond acceptors (Lipinski definition) is 6. The van der Waals surface area contributed by atoms with Crippen LogP contribution in [-0.4, -0.2) is 32.6 Å². The van der Waals surface area contributed by atoms with E-state index < -0.39 is 0 Å². The molecule has 0 amide bonds. The molecule has 3 rings (SSSR count). The second-order valence-electron chi connectivity index (χ2n) is 6.76. The van der Waals surface area contributed by atoms with E-state index in [0.29, 0.717) is 24.2 Å². The Kier molecular flexibility index (Phi) is 6.57. The molecule has 0 radical (unpaired) electrons. The maximum absolute atomic E-state index is 12.2. The molecule has 0 N–H and O–H groups in total. The molecule has 0 saturated carbocycles. The topological polar surface area (TPSA) is 66.2 Å². The third-order valence-electron chi connectivity index (χ3n) is 4.39. The summed E-state index contributed by atoms with van der Waals surface area (Å²) in [7, 11) is 1.88. The number of hydrogen-bond donors (Lipinski definition) is 0. The standard InChI is InChI=1S/C21H25N3O3S/c1-5-26-20(25)19(14(2)3)28-21-23-22-18(24(21)4)13-27-17-12-8-10-15-9-6-7-11-16(15)17/h6-12,14,19H,5,13H2,1-4H3. The smallest absolute Gasteiger partial charge is 0.319 e. The van der Waals surface area contributed by atoms with Crippen LogP contribution in [0.3, 0.4) is 0 Å². The monoisotopic (exact) mass is 399 g/mol. The number of esters is 1. The van der Waals surface area contributed by atoms with Gasteiger partial charge in [-0.15, -0.1) is 10.2 Å². The second-order valence-corrected chi connectivity index (χ2v) is 7.87. The van der Waals surface area contributed by atoms with Crippen LogP contribution >= 0.6 is 11.8 Å². The highest BCUT2D eigenvalue weighted by atomic mass is 32.2. The Bertz CT molecular complexity index is 950. The van der Waals surface area contributed by atoms with E-state index in [1.54, 1.807) is 0 Å². The molecular formula is C21H25N3O3S. The van der Waals surface area contributed by atoms with Crippen molar-refractivity contribution in [1.29, 1.82) is 0 Å². The summed E-state index contributed by atoms with van der Waals surface area (Å²) in [6.07, 6.45) is 0. The highest BCUT2D eigenvalue weighted by Gasteiger charge is 2.27. The minimum atomic E-state index is -0.324. The summed E-state index contributed by atoms with van der Waals surface area (Å²) in [4.78, 5) is 12.2. The lowest BCUT2D eigenvalue weighted by Gasteiger charge is -2.17. The zero-order valence-electron chi connectivity index (χ0n) is 16.6. The van der Waals surface area contributed by atoms with Crippen LogP contribution in [0.5, 0.6) is 5.75 Å². The van der Waals surface area contributed by atoms with E-state index in [1.165, 1.54) is 11.8 Å². The number of rotatable bonds is 8. The Hall–Kier alpha value is -2.54. The van der Waals surface area contributed by atoms with Crippen LogP contribution < -0.4 is 4.74 Å². The number of nitrogens with zero attached hydrogens (tertiary/aromatic N) is 3. The molecule has 0 aliphatic rings. The van der Waals surface area contributed by atoms with Gasteiger partial charge in [0, 0.05) is 12.4 Å². The fourth-order valence-electron chi connectivity index (χ4n) is 2.83. The number of aromatic nitrogens is 3. The van der Waals surface area contributed by atoms with Crippen molar-refractivity contribution in [3.05, 3.63) is 48.3 Å². The van der Waals surface area contributed by atoms with E-state index in [1.807, 2.05) is 62.7 Å². The van der Waals surface area contributed by atoms with Crippen LogP contribution in [0.1, 0.15) is 26.6 Å². The molecule has 1 unspecified atom stereocenters. The first-order valence-corrected chi connectivity index (χ1v) is 10.2. The van der Waals surface area contributed by atoms with Gasteiger partial charge >= 0.3 is 5.97 Å². The molecule has 6 nitrogen and oxygen atoms in total. The third kappa shape index (κ3) is 4.47. The fraction of sp³-hybridized carbons (Fsp3) is 0.381. The molecule has 0 bridgehead atoms. The third-order valence-corrected chi connectivity index (χ3v) is 5.95. The highest BCUT2D eigenvalue weighted by Crippen LogP contribution is 2.29. The second kappa shape index (κ2) is 9.10. The lowest BCUT2D eigenvalue weighted by molar-refractivity contribution is -0.143. The zero-order valence-corrected chi connectivity index (χ0v) is 17.4. The first-order valence-electron chi connectivity index (χ1n) is 9.33. The quantitative estimate of drug-likeness (QED) is 0.417. The maximum atomic E-state index is 12.2. The van der Waals surface area contributed by atoms with Crippen LogP contribution in [0, 0.1) is 5.92 Å². The van der Waals surface area contributed by atoms with E-state index in [-0.39, 0.29) is 17.1 Å². The van der Waals surface area contributed by atoms with E-state index in [4.69, 9.17) is 9.47 Å². The van der Waals surface area contributed by atoms with Gasteiger partial charge in [-0.25, -0.2) is 0 Å². The summed E-state index contributed by atoms with van der Waals surface area (Å²) >= 11 is 1.38. The Morgan fingerprint density at radius 1 is 1.14 bits per heavy atom. The van der Waals surface area contributed by atoms with Gasteiger partial charge < -0.3 is 14.0 Å². The molecule has 0 saturated heterocycles. The Morgan fingerprint density at radius 3 is 2.64 bits per heavy atom. The van der Waals surface area contributed by atoms with Gasteiger partial charge in [-0.05, 0) is 24.3 Å². The van der Waals surface area contributed by atoms with Crippen molar-refractivity contribution in [2.24, 2.45) is 13.0 Å². The van der Waals surface area contributed by atoms with Gasteiger partial charge in [0.05, 0.1) is 6.61 Å². The Labute approximate surface area is 169 Å². The van der Waals surface area contributed by atoms with Crippen molar-refractivity contribution in [3.8, 4) is 5.75 Å². The maximum Gasteiger partial charge on any atom is 0.319 e. The summed E-state index contributed by atoms with van der Waals surface area (Å²) < 4.78 is 13.1. The van der Waals surface area contributed by atoms with Crippen molar-refractivity contribution < 1.29 is 14.3 Å². The molecule has 0 spiro atoms. The highest BCUT2D eigenvalue weighted by molar-refractivity contribution is 8.00. The van der Waals surface area contributed by atoms with Crippen molar-refractivity contribution in [2.75, 3.05) is 6.61 Å². The molecular weight excluding hydrogens is 374 g/mol. The van der Waals surface area contributed by atoms with Crippen LogP contribution in [0.4, 0.5) is 0 Å². The van der Waals surface area contributed by atoms with E-state index in [9.17, 15) is 4.79 Å². The van der Waals surface area contributed by atoms with Gasteiger partial charge in [0.2, 0.25) is 0 Å². The number of carbonyl (C=O) groups is 1. The van der Waals surface area contributed by atoms with E-state index >= 15 is 0 Å². The molecule has 0 aliphatic heterocycles. The predicted octanol–water partition coefficient (Wildman–Crippen LogP) is 4.23. The number of thioether (sulfide) groups is 1. The average molecular weight is 400 g/mol. The normalized spacial score (nSPS) is 12.3. The molecule has 0 aliphatic carbocycles. The van der Waals surface area contributed by atoms with Crippen LogP contribution in [0.2, 0.25) is 0 Å². The summed E-state index contributed by atoms with van der Waals surface area (Å²) in [5, 5.41) is 11.0. The van der Waals surface area contributed by atoms with Crippen molar-refractivity contribution >= 4 is 28.5 Å². The predicted molar refractivity (Wildman–Crippen MR) is 110 cm³/mol. The SMILES string of the molecule is CCOC(=O)C(Sc1nnc(COc2cccc3ccccc23)n1C)C(C)C. The van der Waals surface area contributed by atoms with E-state index in [0.717, 1.165) is 16.5 Å². The summed E-state index contributed by atoms with van der Waals surface area (Å²) in [6, 6.07) is 14.1. The number of carbonyl (C=O) groups excluding carboxylic acids is 1. The molecule has 1 heterocycles. The summed E-state index contributed by atoms with van der Waals surface area (Å²) in [5.74, 6) is 1.40. The van der Waals surface area contributed by atoms with Crippen LogP contribution in [0.25, 0.3) is 10.8 Å². The fourth-order valence-corrected chi connectivity index (χ4v) is 3.85. The van der Waals surface area contributed by atoms with Gasteiger partial charge in [0.1, 0.15) is 17.6 Å². The number of fused-ring (bicyclic) bond motifs is 1. The molecule has 7 heteroatoms. The molecule has 0 fully saturated rings. The van der Waals surface area contributed by atoms with Crippen molar-refractivity contribution in [3.63, 3.8) is 0 Å². The van der Waals surface area contributed by atoms with Crippen molar-refractivity contribution in [2.45, 2.75) is 37.8 Å². The van der Waals surface area contributed by atoms with Gasteiger partial charge in [0.25, 0.3) is 0 Å². The number of ether oxygens (including phenoxy) is 2. The number of benzene rings is 2. The van der Waals surface area contributed by atoms with Crippen molar-refractivity contribution in [1.82, 2.24) is 14.8 Å². The van der Waals surface area contributed by atoms with Crippen LogP contribution in [0.15, 0.2) is 47.6 Å². The van der Waals surface area contributed by atoms with Gasteiger partial charge in [0.15, 0.2) is 11.0 Å². The Balaban J connectivity index is 1.73. The van der Waals surface area contributed by atoms with Gasteiger partial charge in [-0.1, -0.05) is 62.0 Å². The van der Waals surface area contributed by atoms with Gasteiger partial charge in [-0.3, -0.25) is 4.79 Å².